The fraction of sp³-hybridized carbons (Fsp3) is 0.750. The van der Waals surface area contributed by atoms with Gasteiger partial charge in [0.15, 0.2) is 0 Å². The van der Waals surface area contributed by atoms with Crippen molar-refractivity contribution >= 4 is 20.2 Å². The van der Waals surface area contributed by atoms with Gasteiger partial charge in [-0.2, -0.15) is 0 Å². The van der Waals surface area contributed by atoms with Crippen LogP contribution in [0.4, 0.5) is 0 Å². The average Bonchev–Trinajstić information content (AvgIpc) is 2.13. The van der Waals surface area contributed by atoms with Gasteiger partial charge in [0, 0.05) is 17.4 Å². The van der Waals surface area contributed by atoms with E-state index in [4.69, 9.17) is 15.1 Å². The molecule has 3 N–H and O–H groups in total. The third-order valence-corrected chi connectivity index (χ3v) is 2.54. The van der Waals surface area contributed by atoms with Crippen LogP contribution in [0.15, 0.2) is 0 Å². The van der Waals surface area contributed by atoms with Gasteiger partial charge in [-0.15, -0.1) is 9.42 Å². The third kappa shape index (κ3) is 4.65. The Kier molecular flexibility index (Phi) is 6.10. The lowest BCUT2D eigenvalue weighted by molar-refractivity contribution is -0.158. The molecule has 0 amide bonds. The number of hydrogen-bond acceptors (Lipinski definition) is 4. The van der Waals surface area contributed by atoms with Crippen molar-refractivity contribution in [1.82, 2.24) is 0 Å². The van der Waals surface area contributed by atoms with Crippen LogP contribution in [0.5, 0.6) is 0 Å². The summed E-state index contributed by atoms with van der Waals surface area (Å²) in [6.07, 6.45) is -0.394. The molecule has 0 aromatic carbocycles. The van der Waals surface area contributed by atoms with E-state index in [1.54, 1.807) is 6.92 Å². The predicted molar refractivity (Wildman–Crippen MR) is 53.1 cm³/mol. The topological polar surface area (TPSA) is 121 Å². The summed E-state index contributed by atoms with van der Waals surface area (Å²) >= 11 is 0. The average molecular weight is 253 g/mol. The fourth-order valence-electron chi connectivity index (χ4n) is 1.33. The van der Waals surface area contributed by atoms with E-state index in [-0.39, 0.29) is 12.8 Å². The highest BCUT2D eigenvalue weighted by Crippen LogP contribution is 2.34. The van der Waals surface area contributed by atoms with Crippen LogP contribution in [0.25, 0.3) is 0 Å². The van der Waals surface area contributed by atoms with Crippen molar-refractivity contribution in [3.8, 4) is 0 Å². The van der Waals surface area contributed by atoms with Gasteiger partial charge in [0.25, 0.3) is 0 Å². The molecule has 0 aliphatic heterocycles. The summed E-state index contributed by atoms with van der Waals surface area (Å²) < 4.78 is 15.0. The van der Waals surface area contributed by atoms with Gasteiger partial charge in [-0.05, 0) is 6.42 Å². The molecule has 92 valence electrons. The molecule has 0 fully saturated rings. The highest BCUT2D eigenvalue weighted by atomic mass is 31.1. The van der Waals surface area contributed by atoms with Gasteiger partial charge in [-0.1, -0.05) is 13.3 Å². The van der Waals surface area contributed by atoms with Crippen LogP contribution < -0.4 is 0 Å². The minimum atomic E-state index is -3.09. The van der Waals surface area contributed by atoms with Crippen LogP contribution in [0.3, 0.4) is 0 Å². The molecular formula is C8H14O7P+. The number of rotatable bonds is 8. The molecule has 0 aromatic heterocycles. The highest BCUT2D eigenvalue weighted by Gasteiger charge is 2.47. The number of carboxylic acids is 2. The summed E-state index contributed by atoms with van der Waals surface area (Å²) in [4.78, 5) is 30.0. The van der Waals surface area contributed by atoms with Crippen molar-refractivity contribution in [2.75, 3.05) is 0 Å². The van der Waals surface area contributed by atoms with E-state index in [9.17, 15) is 14.2 Å². The summed E-state index contributed by atoms with van der Waals surface area (Å²) in [5, 5.41) is 17.4. The Morgan fingerprint density at radius 1 is 1.31 bits per heavy atom. The molecule has 0 spiro atoms. The van der Waals surface area contributed by atoms with Crippen molar-refractivity contribution in [3.05, 3.63) is 0 Å². The number of carboxylic acid groups (broad SMARTS) is 2. The van der Waals surface area contributed by atoms with Gasteiger partial charge in [0.05, 0.1) is 0 Å². The Morgan fingerprint density at radius 2 is 1.88 bits per heavy atom. The molecule has 0 aromatic rings. The second-order valence-electron chi connectivity index (χ2n) is 3.27. The zero-order chi connectivity index (χ0) is 12.8. The zero-order valence-electron chi connectivity index (χ0n) is 8.75. The maximum absolute atomic E-state index is 11.0. The summed E-state index contributed by atoms with van der Waals surface area (Å²) in [6, 6.07) is 0. The fourth-order valence-corrected chi connectivity index (χ4v) is 1.89. The molecule has 0 aliphatic carbocycles. The Morgan fingerprint density at radius 3 is 2.19 bits per heavy atom. The smallest absolute Gasteiger partial charge is 0.481 e. The van der Waals surface area contributed by atoms with E-state index in [1.807, 2.05) is 0 Å². The number of aliphatic carboxylic acids is 2. The van der Waals surface area contributed by atoms with E-state index < -0.39 is 32.2 Å². The first kappa shape index (κ1) is 15.0. The largest absolute Gasteiger partial charge is 0.695 e. The predicted octanol–water partition coefficient (Wildman–Crippen LogP) is 1.14. The monoisotopic (exact) mass is 253 g/mol. The highest BCUT2D eigenvalue weighted by molar-refractivity contribution is 7.32. The van der Waals surface area contributed by atoms with Crippen molar-refractivity contribution in [1.29, 1.82) is 0 Å². The second-order valence-corrected chi connectivity index (χ2v) is 3.93. The maximum Gasteiger partial charge on any atom is 0.695 e. The van der Waals surface area contributed by atoms with Gasteiger partial charge in [0.2, 0.25) is 5.60 Å². The molecule has 7 nitrogen and oxygen atoms in total. The molecule has 8 heteroatoms. The molecular weight excluding hydrogens is 239 g/mol. The van der Waals surface area contributed by atoms with Crippen LogP contribution in [0.1, 0.15) is 32.6 Å². The van der Waals surface area contributed by atoms with E-state index in [2.05, 4.69) is 4.52 Å². The van der Waals surface area contributed by atoms with E-state index >= 15 is 0 Å². The lowest BCUT2D eigenvalue weighted by Gasteiger charge is -2.21. The van der Waals surface area contributed by atoms with Gasteiger partial charge >= 0.3 is 20.2 Å². The van der Waals surface area contributed by atoms with Crippen LogP contribution in [0, 0.1) is 0 Å². The molecule has 2 atom stereocenters. The second kappa shape index (κ2) is 6.52. The first-order valence-electron chi connectivity index (χ1n) is 4.64. The number of hydrogen-bond donors (Lipinski definition) is 3. The van der Waals surface area contributed by atoms with Gasteiger partial charge in [-0.3, -0.25) is 4.79 Å². The summed E-state index contributed by atoms with van der Waals surface area (Å²) in [6.45, 7) is 1.67. The third-order valence-electron chi connectivity index (χ3n) is 2.04. The minimum absolute atomic E-state index is 0.0166. The van der Waals surface area contributed by atoms with E-state index in [0.717, 1.165) is 0 Å². The van der Waals surface area contributed by atoms with Crippen LogP contribution in [0.2, 0.25) is 0 Å². The van der Waals surface area contributed by atoms with Crippen LogP contribution in [-0.2, 0) is 18.7 Å². The van der Waals surface area contributed by atoms with Gasteiger partial charge in [-0.25, -0.2) is 4.79 Å². The SMILES string of the molecule is CCCC(CCC(=O)O)(O[P+](=O)O)C(=O)O. The number of carbonyl (C=O) groups is 2. The molecule has 0 saturated heterocycles. The molecule has 0 saturated carbocycles. The lowest BCUT2D eigenvalue weighted by Crippen LogP contribution is -2.40. The molecule has 0 rings (SSSR count). The Labute approximate surface area is 93.0 Å². The standard InChI is InChI=1S/C8H13O7P/c1-2-4-8(7(11)12,15-16(13)14)5-3-6(9)10/h2-5H2,1H3,(H2-,9,10,11,12,13,14)/p+1. The summed E-state index contributed by atoms with van der Waals surface area (Å²) in [5.41, 5.74) is -1.89. The molecule has 0 bridgehead atoms. The van der Waals surface area contributed by atoms with Crippen LogP contribution in [-0.4, -0.2) is 32.6 Å². The Hall–Kier alpha value is -1.04. The molecule has 16 heavy (non-hydrogen) atoms. The quantitative estimate of drug-likeness (QED) is 0.554. The zero-order valence-corrected chi connectivity index (χ0v) is 9.64. The lowest BCUT2D eigenvalue weighted by atomic mass is 9.93. The van der Waals surface area contributed by atoms with Crippen molar-refractivity contribution in [2.45, 2.75) is 38.2 Å². The first-order chi connectivity index (χ1) is 7.34. The van der Waals surface area contributed by atoms with E-state index in [1.165, 1.54) is 0 Å². The summed E-state index contributed by atoms with van der Waals surface area (Å²) in [7, 11) is -3.09. The van der Waals surface area contributed by atoms with Crippen molar-refractivity contribution in [3.63, 3.8) is 0 Å². The summed E-state index contributed by atoms with van der Waals surface area (Å²) in [5.74, 6) is -2.61. The Bertz CT molecular complexity index is 290. The van der Waals surface area contributed by atoms with Gasteiger partial charge in [0.1, 0.15) is 0 Å². The van der Waals surface area contributed by atoms with E-state index in [0.29, 0.717) is 6.42 Å². The molecule has 0 aliphatic rings. The molecule has 0 radical (unpaired) electrons. The Balaban J connectivity index is 4.84. The maximum atomic E-state index is 11.0. The minimum Gasteiger partial charge on any atom is -0.481 e. The first-order valence-corrected chi connectivity index (χ1v) is 5.77. The molecule has 2 unspecified atom stereocenters. The van der Waals surface area contributed by atoms with Crippen molar-refractivity contribution in [2.24, 2.45) is 0 Å². The van der Waals surface area contributed by atoms with Crippen molar-refractivity contribution < 1.29 is 33.8 Å². The molecule has 0 heterocycles. The van der Waals surface area contributed by atoms with Crippen LogP contribution >= 0.6 is 8.25 Å². The normalized spacial score (nSPS) is 15.2. The van der Waals surface area contributed by atoms with Gasteiger partial charge < -0.3 is 10.2 Å².